The number of likely N-dealkylation sites (N-methyl/N-ethyl adjacent to an activating group) is 1. The number of ether oxygens (including phenoxy) is 1. The fourth-order valence-electron chi connectivity index (χ4n) is 2.33. The Balaban J connectivity index is 1.98. The van der Waals surface area contributed by atoms with Crippen LogP contribution in [-0.2, 0) is 0 Å². The second-order valence-corrected chi connectivity index (χ2v) is 5.46. The first-order chi connectivity index (χ1) is 11.1. The number of nitrogens with one attached hydrogen (secondary N) is 2. The van der Waals surface area contributed by atoms with E-state index in [-0.39, 0.29) is 12.1 Å². The standard InChI is InChI=1S/C18H23N3O2/c1-21(2)17(14-8-7-11-16(12-14)23-3)13-19-18(22)20-15-9-5-4-6-10-15/h4-12,17H,13H2,1-3H3,(H2,19,20,22). The van der Waals surface area contributed by atoms with Crippen molar-refractivity contribution in [2.75, 3.05) is 33.1 Å². The Bertz CT molecular complexity index is 629. The fraction of sp³-hybridized carbons (Fsp3) is 0.278. The summed E-state index contributed by atoms with van der Waals surface area (Å²) >= 11 is 0. The normalized spacial score (nSPS) is 11.8. The summed E-state index contributed by atoms with van der Waals surface area (Å²) < 4.78 is 5.27. The Kier molecular flexibility index (Phi) is 6.00. The summed E-state index contributed by atoms with van der Waals surface area (Å²) in [4.78, 5) is 14.1. The van der Waals surface area contributed by atoms with Crippen LogP contribution in [-0.4, -0.2) is 38.7 Å². The first kappa shape index (κ1) is 16.8. The highest BCUT2D eigenvalue weighted by molar-refractivity contribution is 5.89. The van der Waals surface area contributed by atoms with Gasteiger partial charge in [0, 0.05) is 12.2 Å². The molecule has 2 rings (SSSR count). The van der Waals surface area contributed by atoms with E-state index >= 15 is 0 Å². The molecule has 2 aromatic rings. The first-order valence-corrected chi connectivity index (χ1v) is 7.50. The van der Waals surface area contributed by atoms with E-state index in [0.29, 0.717) is 6.54 Å². The number of urea groups is 1. The van der Waals surface area contributed by atoms with Gasteiger partial charge < -0.3 is 20.3 Å². The third kappa shape index (κ3) is 5.00. The molecule has 2 N–H and O–H groups in total. The Morgan fingerprint density at radius 1 is 1.13 bits per heavy atom. The van der Waals surface area contributed by atoms with Crippen LogP contribution < -0.4 is 15.4 Å². The number of rotatable bonds is 6. The highest BCUT2D eigenvalue weighted by atomic mass is 16.5. The van der Waals surface area contributed by atoms with Gasteiger partial charge in [-0.2, -0.15) is 0 Å². The van der Waals surface area contributed by atoms with Crippen molar-refractivity contribution in [2.24, 2.45) is 0 Å². The molecule has 0 aliphatic rings. The molecule has 0 aromatic heterocycles. The zero-order valence-electron chi connectivity index (χ0n) is 13.7. The highest BCUT2D eigenvalue weighted by Gasteiger charge is 2.16. The van der Waals surface area contributed by atoms with Gasteiger partial charge in [-0.3, -0.25) is 0 Å². The van der Waals surface area contributed by atoms with Crippen LogP contribution in [0.1, 0.15) is 11.6 Å². The molecule has 0 aliphatic carbocycles. The van der Waals surface area contributed by atoms with E-state index in [0.717, 1.165) is 17.0 Å². The van der Waals surface area contributed by atoms with Crippen LogP contribution in [0.2, 0.25) is 0 Å². The van der Waals surface area contributed by atoms with Crippen molar-refractivity contribution in [3.63, 3.8) is 0 Å². The molecule has 5 nitrogen and oxygen atoms in total. The van der Waals surface area contributed by atoms with Crippen molar-refractivity contribution in [2.45, 2.75) is 6.04 Å². The van der Waals surface area contributed by atoms with Gasteiger partial charge in [-0.05, 0) is 43.9 Å². The van der Waals surface area contributed by atoms with Crippen LogP contribution >= 0.6 is 0 Å². The summed E-state index contributed by atoms with van der Waals surface area (Å²) in [7, 11) is 5.62. The molecule has 0 heterocycles. The predicted molar refractivity (Wildman–Crippen MR) is 92.9 cm³/mol. The van der Waals surface area contributed by atoms with Crippen molar-refractivity contribution >= 4 is 11.7 Å². The van der Waals surface area contributed by atoms with Crippen LogP contribution in [0.15, 0.2) is 54.6 Å². The zero-order valence-corrected chi connectivity index (χ0v) is 13.7. The van der Waals surface area contributed by atoms with Gasteiger partial charge in [-0.15, -0.1) is 0 Å². The summed E-state index contributed by atoms with van der Waals surface area (Å²) in [6, 6.07) is 17.1. The molecule has 5 heteroatoms. The molecule has 122 valence electrons. The van der Waals surface area contributed by atoms with Gasteiger partial charge in [0.1, 0.15) is 5.75 Å². The molecule has 2 aromatic carbocycles. The molecule has 0 aliphatic heterocycles. The summed E-state index contributed by atoms with van der Waals surface area (Å²) in [5.41, 5.74) is 1.86. The second kappa shape index (κ2) is 8.19. The number of nitrogens with zero attached hydrogens (tertiary/aromatic N) is 1. The Hall–Kier alpha value is -2.53. The maximum atomic E-state index is 12.0. The maximum Gasteiger partial charge on any atom is 0.319 e. The number of hydrogen-bond acceptors (Lipinski definition) is 3. The molecule has 23 heavy (non-hydrogen) atoms. The summed E-state index contributed by atoms with van der Waals surface area (Å²) in [6.45, 7) is 0.499. The molecule has 0 fully saturated rings. The predicted octanol–water partition coefficient (Wildman–Crippen LogP) is 3.12. The van der Waals surface area contributed by atoms with Gasteiger partial charge in [0.2, 0.25) is 0 Å². The molecular weight excluding hydrogens is 290 g/mol. The van der Waals surface area contributed by atoms with Gasteiger partial charge >= 0.3 is 6.03 Å². The smallest absolute Gasteiger partial charge is 0.319 e. The minimum Gasteiger partial charge on any atom is -0.497 e. The van der Waals surface area contributed by atoms with Gasteiger partial charge in [0.15, 0.2) is 0 Å². The van der Waals surface area contributed by atoms with E-state index in [9.17, 15) is 4.79 Å². The lowest BCUT2D eigenvalue weighted by atomic mass is 10.1. The Morgan fingerprint density at radius 3 is 2.52 bits per heavy atom. The molecule has 1 unspecified atom stereocenters. The number of hydrogen-bond donors (Lipinski definition) is 2. The summed E-state index contributed by atoms with van der Waals surface area (Å²) in [5, 5.41) is 5.73. The monoisotopic (exact) mass is 313 g/mol. The zero-order chi connectivity index (χ0) is 16.7. The van der Waals surface area contributed by atoms with Crippen molar-refractivity contribution in [1.29, 1.82) is 0 Å². The van der Waals surface area contributed by atoms with E-state index in [1.54, 1.807) is 7.11 Å². The quantitative estimate of drug-likeness (QED) is 0.861. The third-order valence-electron chi connectivity index (χ3n) is 3.59. The van der Waals surface area contributed by atoms with Crippen LogP contribution in [0.4, 0.5) is 10.5 Å². The highest BCUT2D eigenvalue weighted by Crippen LogP contribution is 2.22. The molecule has 0 saturated carbocycles. The summed E-state index contributed by atoms with van der Waals surface area (Å²) in [6.07, 6.45) is 0. The molecule has 0 saturated heterocycles. The lowest BCUT2D eigenvalue weighted by molar-refractivity contribution is 0.243. The van der Waals surface area contributed by atoms with Gasteiger partial charge in [-0.25, -0.2) is 4.79 Å². The number of carbonyl (C=O) groups is 1. The molecule has 2 amide bonds. The Labute approximate surface area is 137 Å². The van der Waals surface area contributed by atoms with Crippen molar-refractivity contribution < 1.29 is 9.53 Å². The van der Waals surface area contributed by atoms with E-state index in [1.165, 1.54) is 0 Å². The molecule has 1 atom stereocenters. The SMILES string of the molecule is COc1cccc(C(CNC(=O)Nc2ccccc2)N(C)C)c1. The maximum absolute atomic E-state index is 12.0. The fourth-order valence-corrected chi connectivity index (χ4v) is 2.33. The Morgan fingerprint density at radius 2 is 1.87 bits per heavy atom. The molecule has 0 spiro atoms. The minimum atomic E-state index is -0.217. The average Bonchev–Trinajstić information content (AvgIpc) is 2.56. The van der Waals surface area contributed by atoms with Crippen LogP contribution in [0.3, 0.4) is 0 Å². The van der Waals surface area contributed by atoms with Crippen LogP contribution in [0, 0.1) is 0 Å². The van der Waals surface area contributed by atoms with Crippen molar-refractivity contribution in [3.05, 3.63) is 60.2 Å². The molecular formula is C18H23N3O2. The van der Waals surface area contributed by atoms with Gasteiger partial charge in [0.05, 0.1) is 13.2 Å². The second-order valence-electron chi connectivity index (χ2n) is 5.46. The molecule has 0 bridgehead atoms. The number of para-hydroxylation sites is 1. The van der Waals surface area contributed by atoms with E-state index < -0.39 is 0 Å². The van der Waals surface area contributed by atoms with Crippen LogP contribution in [0.5, 0.6) is 5.75 Å². The topological polar surface area (TPSA) is 53.6 Å². The lowest BCUT2D eigenvalue weighted by Gasteiger charge is -2.25. The van der Waals surface area contributed by atoms with Crippen molar-refractivity contribution in [1.82, 2.24) is 10.2 Å². The van der Waals surface area contributed by atoms with Crippen molar-refractivity contribution in [3.8, 4) is 5.75 Å². The summed E-state index contributed by atoms with van der Waals surface area (Å²) in [5.74, 6) is 0.808. The number of carbonyl (C=O) groups excluding carboxylic acids is 1. The van der Waals surface area contributed by atoms with Gasteiger partial charge in [-0.1, -0.05) is 30.3 Å². The third-order valence-corrected chi connectivity index (χ3v) is 3.59. The van der Waals surface area contributed by atoms with Crippen LogP contribution in [0.25, 0.3) is 0 Å². The van der Waals surface area contributed by atoms with E-state index in [4.69, 9.17) is 4.74 Å². The van der Waals surface area contributed by atoms with Gasteiger partial charge in [0.25, 0.3) is 0 Å². The van der Waals surface area contributed by atoms with E-state index in [2.05, 4.69) is 15.5 Å². The lowest BCUT2D eigenvalue weighted by Crippen LogP contribution is -2.36. The number of anilines is 1. The average molecular weight is 313 g/mol. The minimum absolute atomic E-state index is 0.0617. The number of amides is 2. The first-order valence-electron chi connectivity index (χ1n) is 7.50. The number of methoxy groups -OCH3 is 1. The van der Waals surface area contributed by atoms with E-state index in [1.807, 2.05) is 68.7 Å². The number of benzene rings is 2. The molecule has 0 radical (unpaired) electrons. The largest absolute Gasteiger partial charge is 0.497 e.